The Kier molecular flexibility index (Phi) is 17.1. The first-order chi connectivity index (χ1) is 3.91. The SMILES string of the molecule is NCCSSCCN.[Zn]. The van der Waals surface area contributed by atoms with Crippen LogP contribution in [0.4, 0.5) is 0 Å². The maximum absolute atomic E-state index is 5.25. The van der Waals surface area contributed by atoms with Crippen LogP contribution in [0.15, 0.2) is 0 Å². The summed E-state index contributed by atoms with van der Waals surface area (Å²) in [4.78, 5) is 0. The van der Waals surface area contributed by atoms with Crippen molar-refractivity contribution >= 4 is 21.6 Å². The van der Waals surface area contributed by atoms with Crippen molar-refractivity contribution in [2.45, 2.75) is 0 Å². The third-order valence-electron chi connectivity index (χ3n) is 0.486. The third kappa shape index (κ3) is 12.4. The molecule has 9 heavy (non-hydrogen) atoms. The second-order valence-electron chi connectivity index (χ2n) is 1.22. The summed E-state index contributed by atoms with van der Waals surface area (Å²) >= 11 is 0. The van der Waals surface area contributed by atoms with Crippen LogP contribution in [0.1, 0.15) is 0 Å². The van der Waals surface area contributed by atoms with Gasteiger partial charge in [-0.15, -0.1) is 0 Å². The van der Waals surface area contributed by atoms with Crippen molar-refractivity contribution in [2.24, 2.45) is 11.5 Å². The van der Waals surface area contributed by atoms with Crippen molar-refractivity contribution < 1.29 is 19.5 Å². The van der Waals surface area contributed by atoms with Gasteiger partial charge in [0.15, 0.2) is 0 Å². The number of nitrogens with two attached hydrogens (primary N) is 2. The topological polar surface area (TPSA) is 52.0 Å². The smallest absolute Gasteiger partial charge is 0.0160 e. The quantitative estimate of drug-likeness (QED) is 0.395. The van der Waals surface area contributed by atoms with Crippen molar-refractivity contribution in [3.05, 3.63) is 0 Å². The minimum atomic E-state index is 0. The van der Waals surface area contributed by atoms with Gasteiger partial charge in [0, 0.05) is 44.1 Å². The zero-order valence-electron chi connectivity index (χ0n) is 5.51. The molecule has 0 aromatic carbocycles. The largest absolute Gasteiger partial charge is 0.330 e. The minimum Gasteiger partial charge on any atom is -0.330 e. The van der Waals surface area contributed by atoms with Crippen LogP contribution >= 0.6 is 21.6 Å². The Morgan fingerprint density at radius 3 is 1.44 bits per heavy atom. The minimum absolute atomic E-state index is 0. The van der Waals surface area contributed by atoms with E-state index in [1.54, 1.807) is 21.6 Å². The Morgan fingerprint density at radius 1 is 0.889 bits per heavy atom. The summed E-state index contributed by atoms with van der Waals surface area (Å²) in [5, 5.41) is 0. The summed E-state index contributed by atoms with van der Waals surface area (Å²) in [6.45, 7) is 1.53. The Balaban J connectivity index is 0. The van der Waals surface area contributed by atoms with E-state index in [1.807, 2.05) is 0 Å². The Morgan fingerprint density at radius 2 is 1.22 bits per heavy atom. The standard InChI is InChI=1S/C4H12N2S2.Zn/c5-1-3-7-8-4-2-6;/h1-6H2;. The molecule has 0 bridgehead atoms. The molecule has 0 saturated carbocycles. The van der Waals surface area contributed by atoms with Crippen molar-refractivity contribution in [1.82, 2.24) is 0 Å². The van der Waals surface area contributed by atoms with Gasteiger partial charge >= 0.3 is 0 Å². The predicted octanol–water partition coefficient (Wildman–Crippen LogP) is 0.283. The summed E-state index contributed by atoms with van der Waals surface area (Å²) in [7, 11) is 3.58. The average molecular weight is 218 g/mol. The zero-order chi connectivity index (χ0) is 6.24. The molecule has 0 spiro atoms. The Labute approximate surface area is 77.0 Å². The van der Waals surface area contributed by atoms with Gasteiger partial charge in [-0.05, 0) is 0 Å². The molecule has 0 saturated heterocycles. The monoisotopic (exact) mass is 216 g/mol. The van der Waals surface area contributed by atoms with Gasteiger partial charge in [0.05, 0.1) is 0 Å². The van der Waals surface area contributed by atoms with Gasteiger partial charge in [-0.1, -0.05) is 21.6 Å². The second kappa shape index (κ2) is 12.0. The summed E-state index contributed by atoms with van der Waals surface area (Å²) in [5.74, 6) is 2.06. The van der Waals surface area contributed by atoms with Crippen molar-refractivity contribution in [2.75, 3.05) is 24.6 Å². The number of rotatable bonds is 5. The summed E-state index contributed by atoms with van der Waals surface area (Å²) < 4.78 is 0. The average Bonchev–Trinajstić information content (AvgIpc) is 1.81. The van der Waals surface area contributed by atoms with E-state index in [2.05, 4.69) is 0 Å². The van der Waals surface area contributed by atoms with Crippen LogP contribution in [-0.2, 0) is 19.5 Å². The summed E-state index contributed by atoms with van der Waals surface area (Å²) in [6, 6.07) is 0. The second-order valence-corrected chi connectivity index (χ2v) is 3.92. The molecular weight excluding hydrogens is 206 g/mol. The van der Waals surface area contributed by atoms with Gasteiger partial charge < -0.3 is 11.5 Å². The first-order valence-corrected chi connectivity index (χ1v) is 5.05. The van der Waals surface area contributed by atoms with Crippen LogP contribution in [-0.4, -0.2) is 24.6 Å². The van der Waals surface area contributed by atoms with E-state index < -0.39 is 0 Å². The molecule has 0 aliphatic rings. The molecule has 2 nitrogen and oxygen atoms in total. The molecule has 0 aromatic rings. The molecule has 0 aliphatic carbocycles. The fourth-order valence-electron chi connectivity index (χ4n) is 0.214. The molecule has 0 atom stereocenters. The van der Waals surface area contributed by atoms with Gasteiger partial charge in [0.1, 0.15) is 0 Å². The molecule has 52 valence electrons. The molecule has 0 rings (SSSR count). The van der Waals surface area contributed by atoms with E-state index in [0.29, 0.717) is 0 Å². The van der Waals surface area contributed by atoms with Crippen molar-refractivity contribution in [1.29, 1.82) is 0 Å². The summed E-state index contributed by atoms with van der Waals surface area (Å²) in [6.07, 6.45) is 0. The first-order valence-electron chi connectivity index (χ1n) is 2.56. The van der Waals surface area contributed by atoms with E-state index in [-0.39, 0.29) is 19.5 Å². The molecule has 0 unspecified atom stereocenters. The maximum Gasteiger partial charge on any atom is 0.0160 e. The Bertz CT molecular complexity index is 41.5. The molecule has 0 aliphatic heterocycles. The van der Waals surface area contributed by atoms with E-state index in [9.17, 15) is 0 Å². The maximum atomic E-state index is 5.25. The molecule has 0 aromatic heterocycles. The number of hydrogen-bond donors (Lipinski definition) is 2. The molecular formula is C4H12N2S2Zn. The van der Waals surface area contributed by atoms with E-state index >= 15 is 0 Å². The third-order valence-corrected chi connectivity index (χ3v) is 2.96. The van der Waals surface area contributed by atoms with E-state index in [0.717, 1.165) is 24.6 Å². The van der Waals surface area contributed by atoms with Crippen LogP contribution in [0.3, 0.4) is 0 Å². The fraction of sp³-hybridized carbons (Fsp3) is 1.00. The van der Waals surface area contributed by atoms with Gasteiger partial charge in [-0.3, -0.25) is 0 Å². The zero-order valence-corrected chi connectivity index (χ0v) is 10.1. The van der Waals surface area contributed by atoms with Gasteiger partial charge in [0.2, 0.25) is 0 Å². The van der Waals surface area contributed by atoms with Crippen molar-refractivity contribution in [3.63, 3.8) is 0 Å². The van der Waals surface area contributed by atoms with Gasteiger partial charge in [-0.2, -0.15) is 0 Å². The Hall–Kier alpha value is 1.24. The van der Waals surface area contributed by atoms with Crippen LogP contribution < -0.4 is 11.5 Å². The van der Waals surface area contributed by atoms with Crippen LogP contribution in [0.2, 0.25) is 0 Å². The fourth-order valence-corrected chi connectivity index (χ4v) is 1.93. The molecule has 0 amide bonds. The number of hydrogen-bond acceptors (Lipinski definition) is 4. The first kappa shape index (κ1) is 12.9. The predicted molar refractivity (Wildman–Crippen MR) is 43.0 cm³/mol. The van der Waals surface area contributed by atoms with Crippen LogP contribution in [0.5, 0.6) is 0 Å². The van der Waals surface area contributed by atoms with Crippen LogP contribution in [0.25, 0.3) is 0 Å². The van der Waals surface area contributed by atoms with Gasteiger partial charge in [-0.25, -0.2) is 0 Å². The van der Waals surface area contributed by atoms with Gasteiger partial charge in [0.25, 0.3) is 0 Å². The molecule has 0 heterocycles. The molecule has 4 N–H and O–H groups in total. The molecule has 0 radical (unpaired) electrons. The van der Waals surface area contributed by atoms with E-state index in [1.165, 1.54) is 0 Å². The normalized spacial score (nSPS) is 8.67. The summed E-state index contributed by atoms with van der Waals surface area (Å²) in [5.41, 5.74) is 10.5. The molecule has 5 heteroatoms. The molecule has 0 fully saturated rings. The van der Waals surface area contributed by atoms with E-state index in [4.69, 9.17) is 11.5 Å². The van der Waals surface area contributed by atoms with Crippen LogP contribution in [0, 0.1) is 0 Å². The van der Waals surface area contributed by atoms with Crippen molar-refractivity contribution in [3.8, 4) is 0 Å².